The lowest BCUT2D eigenvalue weighted by Crippen LogP contribution is -2.23. The molecule has 0 aliphatic carbocycles. The summed E-state index contributed by atoms with van der Waals surface area (Å²) >= 11 is 21.0. The van der Waals surface area contributed by atoms with Gasteiger partial charge in [0.15, 0.2) is 0 Å². The normalized spacial score (nSPS) is 12.6. The number of aromatic nitrogens is 1. The first-order valence-corrected chi connectivity index (χ1v) is 11.9. The van der Waals surface area contributed by atoms with E-state index in [4.69, 9.17) is 39.5 Å². The van der Waals surface area contributed by atoms with E-state index in [1.165, 1.54) is 19.3 Å². The van der Waals surface area contributed by atoms with Gasteiger partial charge in [-0.1, -0.05) is 59.1 Å². The van der Waals surface area contributed by atoms with Crippen LogP contribution in [0.15, 0.2) is 59.2 Å². The van der Waals surface area contributed by atoms with Crippen molar-refractivity contribution in [1.29, 1.82) is 0 Å². The van der Waals surface area contributed by atoms with E-state index >= 15 is 0 Å². The van der Waals surface area contributed by atoms with Crippen LogP contribution in [0.25, 0.3) is 6.08 Å². The molecule has 3 aromatic rings. The number of allylic oxidation sites excluding steroid dienone is 1. The summed E-state index contributed by atoms with van der Waals surface area (Å²) in [4.78, 5) is 16.6. The molecule has 0 bridgehead atoms. The van der Waals surface area contributed by atoms with Gasteiger partial charge in [-0.2, -0.15) is 13.2 Å². The summed E-state index contributed by atoms with van der Waals surface area (Å²) in [6, 6.07) is 10.3. The molecule has 0 aliphatic rings. The Bertz CT molecular complexity index is 1230. The summed E-state index contributed by atoms with van der Waals surface area (Å²) in [6.45, 7) is 0.239. The molecular formula is C24H17BrCl3F3N2O2. The van der Waals surface area contributed by atoms with Gasteiger partial charge in [0, 0.05) is 23.3 Å². The Morgan fingerprint density at radius 1 is 1.14 bits per heavy atom. The van der Waals surface area contributed by atoms with E-state index < -0.39 is 12.1 Å². The third-order valence-corrected chi connectivity index (χ3v) is 6.75. The first-order chi connectivity index (χ1) is 16.5. The summed E-state index contributed by atoms with van der Waals surface area (Å²) in [5.41, 5.74) is 1.41. The molecule has 1 N–H and O–H groups in total. The van der Waals surface area contributed by atoms with Crippen molar-refractivity contribution in [3.05, 3.63) is 96.5 Å². The standard InChI is InChI=1S/C24H17BrCl3F3N2O2/c1-35-21-7-4-14(11-32-21)12-33-23(34)16-5-2-13(8-18(16)25)3-6-17(24(29,30)31)15-9-19(26)22(28)20(27)10-15/h2-11,17H,12H2,1H3,(H,33,34)/b6-3+. The summed E-state index contributed by atoms with van der Waals surface area (Å²) in [5, 5.41) is 2.62. The van der Waals surface area contributed by atoms with Gasteiger partial charge in [0.05, 0.1) is 33.7 Å². The van der Waals surface area contributed by atoms with E-state index in [9.17, 15) is 18.0 Å². The van der Waals surface area contributed by atoms with Crippen molar-refractivity contribution < 1.29 is 22.7 Å². The molecule has 1 unspecified atom stereocenters. The van der Waals surface area contributed by atoms with Crippen LogP contribution >= 0.6 is 50.7 Å². The Morgan fingerprint density at radius 3 is 2.37 bits per heavy atom. The number of alkyl halides is 3. The van der Waals surface area contributed by atoms with Crippen LogP contribution in [-0.2, 0) is 6.54 Å². The van der Waals surface area contributed by atoms with E-state index in [1.807, 2.05) is 0 Å². The number of methoxy groups -OCH3 is 1. The maximum atomic E-state index is 13.7. The van der Waals surface area contributed by atoms with E-state index in [-0.39, 0.29) is 33.1 Å². The Kier molecular flexibility index (Phi) is 9.10. The topological polar surface area (TPSA) is 51.2 Å². The molecule has 1 heterocycles. The third kappa shape index (κ3) is 7.13. The number of hydrogen-bond donors (Lipinski definition) is 1. The van der Waals surface area contributed by atoms with Crippen molar-refractivity contribution in [2.45, 2.75) is 18.6 Å². The zero-order valence-electron chi connectivity index (χ0n) is 18.0. The van der Waals surface area contributed by atoms with Crippen LogP contribution in [0.4, 0.5) is 13.2 Å². The summed E-state index contributed by atoms with van der Waals surface area (Å²) in [6.07, 6.45) is -0.706. The monoisotopic (exact) mass is 606 g/mol. The number of carbonyl (C=O) groups excluding carboxylic acids is 1. The lowest BCUT2D eigenvalue weighted by molar-refractivity contribution is -0.139. The molecule has 35 heavy (non-hydrogen) atoms. The zero-order chi connectivity index (χ0) is 25.8. The van der Waals surface area contributed by atoms with Crippen molar-refractivity contribution in [1.82, 2.24) is 10.3 Å². The number of benzene rings is 2. The lowest BCUT2D eigenvalue weighted by atomic mass is 9.97. The minimum Gasteiger partial charge on any atom is -0.481 e. The maximum absolute atomic E-state index is 13.7. The van der Waals surface area contributed by atoms with Crippen molar-refractivity contribution in [3.8, 4) is 5.88 Å². The first-order valence-electron chi connectivity index (χ1n) is 9.95. The van der Waals surface area contributed by atoms with E-state index in [2.05, 4.69) is 26.2 Å². The molecule has 184 valence electrons. The Labute approximate surface area is 223 Å². The lowest BCUT2D eigenvalue weighted by Gasteiger charge is -2.18. The number of nitrogens with zero attached hydrogens (tertiary/aromatic N) is 1. The predicted molar refractivity (Wildman–Crippen MR) is 135 cm³/mol. The molecular weight excluding hydrogens is 592 g/mol. The molecule has 0 spiro atoms. The molecule has 1 amide bonds. The van der Waals surface area contributed by atoms with Gasteiger partial charge in [-0.15, -0.1) is 0 Å². The van der Waals surface area contributed by atoms with Gasteiger partial charge in [0.25, 0.3) is 5.91 Å². The van der Waals surface area contributed by atoms with E-state index in [0.29, 0.717) is 21.5 Å². The predicted octanol–water partition coefficient (Wildman–Crippen LogP) is 8.10. The van der Waals surface area contributed by atoms with Gasteiger partial charge in [-0.05, 0) is 56.9 Å². The fraction of sp³-hybridized carbons (Fsp3) is 0.167. The van der Waals surface area contributed by atoms with Gasteiger partial charge >= 0.3 is 6.18 Å². The third-order valence-electron chi connectivity index (χ3n) is 4.90. The number of pyridine rings is 1. The number of ether oxygens (including phenoxy) is 1. The number of nitrogens with one attached hydrogen (secondary N) is 1. The second-order valence-corrected chi connectivity index (χ2v) is 9.35. The molecule has 3 rings (SSSR count). The molecule has 4 nitrogen and oxygen atoms in total. The van der Waals surface area contributed by atoms with Gasteiger partial charge in [0.2, 0.25) is 5.88 Å². The quantitative estimate of drug-likeness (QED) is 0.276. The molecule has 2 aromatic carbocycles. The number of rotatable bonds is 7. The number of amides is 1. The molecule has 1 atom stereocenters. The molecule has 0 saturated carbocycles. The fourth-order valence-corrected chi connectivity index (χ4v) is 4.29. The van der Waals surface area contributed by atoms with Gasteiger partial charge in [-0.3, -0.25) is 4.79 Å². The Balaban J connectivity index is 1.76. The highest BCUT2D eigenvalue weighted by Gasteiger charge is 2.39. The number of carbonyl (C=O) groups is 1. The van der Waals surface area contributed by atoms with Crippen molar-refractivity contribution in [2.75, 3.05) is 7.11 Å². The van der Waals surface area contributed by atoms with Crippen LogP contribution in [0, 0.1) is 0 Å². The Hall–Kier alpha value is -2.26. The van der Waals surface area contributed by atoms with Crippen molar-refractivity contribution in [3.63, 3.8) is 0 Å². The smallest absolute Gasteiger partial charge is 0.399 e. The molecule has 0 radical (unpaired) electrons. The second-order valence-electron chi connectivity index (χ2n) is 7.31. The molecule has 0 saturated heterocycles. The van der Waals surface area contributed by atoms with Crippen LogP contribution in [0.2, 0.25) is 15.1 Å². The molecule has 11 heteroatoms. The number of halogens is 7. The minimum absolute atomic E-state index is 0.0111. The SMILES string of the molecule is COc1ccc(CNC(=O)c2ccc(/C=C/C(c3cc(Cl)c(Cl)c(Cl)c3)C(F)(F)F)cc2Br)cn1. The highest BCUT2D eigenvalue weighted by molar-refractivity contribution is 9.10. The summed E-state index contributed by atoms with van der Waals surface area (Å²) in [5.74, 6) is -1.86. The van der Waals surface area contributed by atoms with E-state index in [0.717, 1.165) is 23.8 Å². The van der Waals surface area contributed by atoms with Crippen LogP contribution in [0.5, 0.6) is 5.88 Å². The summed E-state index contributed by atoms with van der Waals surface area (Å²) in [7, 11) is 1.51. The zero-order valence-corrected chi connectivity index (χ0v) is 21.8. The first kappa shape index (κ1) is 27.3. The van der Waals surface area contributed by atoms with Gasteiger partial charge in [-0.25, -0.2) is 4.98 Å². The molecule has 0 aliphatic heterocycles. The summed E-state index contributed by atoms with van der Waals surface area (Å²) < 4.78 is 46.7. The van der Waals surface area contributed by atoms with Crippen molar-refractivity contribution in [2.24, 2.45) is 0 Å². The largest absolute Gasteiger partial charge is 0.481 e. The molecule has 0 fully saturated rings. The van der Waals surface area contributed by atoms with Crippen LogP contribution in [0.1, 0.15) is 33.0 Å². The van der Waals surface area contributed by atoms with E-state index in [1.54, 1.807) is 30.5 Å². The van der Waals surface area contributed by atoms with Crippen molar-refractivity contribution >= 4 is 62.7 Å². The highest BCUT2D eigenvalue weighted by Crippen LogP contribution is 2.41. The molecule has 1 aromatic heterocycles. The van der Waals surface area contributed by atoms with Gasteiger partial charge < -0.3 is 10.1 Å². The fourth-order valence-electron chi connectivity index (χ4n) is 3.10. The van der Waals surface area contributed by atoms with Crippen LogP contribution in [-0.4, -0.2) is 24.2 Å². The average molecular weight is 609 g/mol. The number of hydrogen-bond acceptors (Lipinski definition) is 3. The van der Waals surface area contributed by atoms with Gasteiger partial charge in [0.1, 0.15) is 0 Å². The van der Waals surface area contributed by atoms with Crippen LogP contribution < -0.4 is 10.1 Å². The minimum atomic E-state index is -4.59. The average Bonchev–Trinajstić information content (AvgIpc) is 2.80. The highest BCUT2D eigenvalue weighted by atomic mass is 79.9. The second kappa shape index (κ2) is 11.6. The maximum Gasteiger partial charge on any atom is 0.399 e. The van der Waals surface area contributed by atoms with Crippen LogP contribution in [0.3, 0.4) is 0 Å². The Morgan fingerprint density at radius 2 is 1.83 bits per heavy atom.